The number of nitrogens with zero attached hydrogens (tertiary/aromatic N) is 2. The lowest BCUT2D eigenvalue weighted by molar-refractivity contribution is -0.154. The van der Waals surface area contributed by atoms with Gasteiger partial charge < -0.3 is 4.90 Å². The van der Waals surface area contributed by atoms with Gasteiger partial charge in [-0.25, -0.2) is 0 Å². The van der Waals surface area contributed by atoms with Crippen LogP contribution in [0.25, 0.3) is 0 Å². The van der Waals surface area contributed by atoms with E-state index in [2.05, 4.69) is 51.1 Å². The van der Waals surface area contributed by atoms with E-state index in [1.807, 2.05) is 54.4 Å². The second-order valence-electron chi connectivity index (χ2n) is 10.6. The lowest BCUT2D eigenvalue weighted by Gasteiger charge is -2.51. The van der Waals surface area contributed by atoms with Gasteiger partial charge in [0, 0.05) is 34.1 Å². The van der Waals surface area contributed by atoms with Gasteiger partial charge in [-0.1, -0.05) is 69.1 Å². The molecule has 0 spiro atoms. The molecular weight excluding hydrogens is 483 g/mol. The number of hydrogen-bond donors (Lipinski definition) is 0. The second kappa shape index (κ2) is 11.1. The van der Waals surface area contributed by atoms with Crippen molar-refractivity contribution < 1.29 is 4.79 Å². The van der Waals surface area contributed by atoms with Crippen molar-refractivity contribution in [3.63, 3.8) is 0 Å². The molecule has 1 aliphatic rings. The fourth-order valence-corrected chi connectivity index (χ4v) is 6.32. The lowest BCUT2D eigenvalue weighted by Crippen LogP contribution is -2.55. The van der Waals surface area contributed by atoms with Crippen LogP contribution in [0, 0.1) is 5.41 Å². The fourth-order valence-electron chi connectivity index (χ4n) is 4.94. The first-order chi connectivity index (χ1) is 15.9. The predicted molar refractivity (Wildman–Crippen MR) is 147 cm³/mol. The van der Waals surface area contributed by atoms with Gasteiger partial charge in [0.2, 0.25) is 5.91 Å². The van der Waals surface area contributed by atoms with E-state index in [4.69, 9.17) is 23.2 Å². The summed E-state index contributed by atoms with van der Waals surface area (Å²) in [6, 6.07) is 9.84. The van der Waals surface area contributed by atoms with Crippen molar-refractivity contribution in [1.82, 2.24) is 9.88 Å². The Hall–Kier alpha value is -1.49. The van der Waals surface area contributed by atoms with Crippen molar-refractivity contribution in [1.29, 1.82) is 0 Å². The predicted octanol–water partition coefficient (Wildman–Crippen LogP) is 8.34. The van der Waals surface area contributed by atoms with E-state index in [1.54, 1.807) is 6.20 Å². The van der Waals surface area contributed by atoms with Gasteiger partial charge in [-0.3, -0.25) is 9.78 Å². The SMILES string of the molecule is C=CC[C@@]1(C)C[C@H](c2cncc(Cl)c2)[C@@H](c2ccc(Cl)cc2)N([C@@H](C)CCSC(C)(C)C)C1=O. The van der Waals surface area contributed by atoms with Gasteiger partial charge in [0.15, 0.2) is 0 Å². The molecule has 0 unspecified atom stereocenters. The molecule has 3 nitrogen and oxygen atoms in total. The molecule has 0 N–H and O–H groups in total. The van der Waals surface area contributed by atoms with E-state index < -0.39 is 5.41 Å². The summed E-state index contributed by atoms with van der Waals surface area (Å²) in [7, 11) is 0. The normalized spacial score (nSPS) is 24.2. The van der Waals surface area contributed by atoms with Crippen LogP contribution in [0.4, 0.5) is 0 Å². The Morgan fingerprint density at radius 2 is 1.88 bits per heavy atom. The van der Waals surface area contributed by atoms with Gasteiger partial charge in [0.25, 0.3) is 0 Å². The Bertz CT molecular complexity index is 1000. The molecule has 34 heavy (non-hydrogen) atoms. The van der Waals surface area contributed by atoms with Crippen LogP contribution in [-0.4, -0.2) is 32.3 Å². The average molecular weight is 520 g/mol. The third-order valence-corrected chi connectivity index (χ3v) is 8.37. The number of pyridine rings is 1. The van der Waals surface area contributed by atoms with Crippen LogP contribution in [0.3, 0.4) is 0 Å². The van der Waals surface area contributed by atoms with Crippen molar-refractivity contribution in [2.75, 3.05) is 5.75 Å². The standard InChI is InChI=1S/C28H36Cl2N2OS/c1-7-13-28(6)16-24(21-15-23(30)18-31-17-21)25(20-8-10-22(29)11-9-20)32(26(28)33)19(2)12-14-34-27(3,4)5/h7-11,15,17-19,24-25H,1,12-14,16H2,2-6H3/t19-,24+,25+,28-/m0/s1. The molecule has 0 bridgehead atoms. The number of carbonyl (C=O) groups excluding carboxylic acids is 1. The van der Waals surface area contributed by atoms with Gasteiger partial charge in [-0.05, 0) is 61.3 Å². The van der Waals surface area contributed by atoms with Crippen molar-refractivity contribution >= 4 is 40.9 Å². The Morgan fingerprint density at radius 1 is 1.21 bits per heavy atom. The van der Waals surface area contributed by atoms with Crippen LogP contribution in [0.2, 0.25) is 10.0 Å². The number of aromatic nitrogens is 1. The third-order valence-electron chi connectivity index (χ3n) is 6.61. The highest BCUT2D eigenvalue weighted by molar-refractivity contribution is 8.00. The minimum Gasteiger partial charge on any atom is -0.332 e. The Balaban J connectivity index is 2.10. The lowest BCUT2D eigenvalue weighted by atomic mass is 9.67. The minimum atomic E-state index is -0.539. The quantitative estimate of drug-likeness (QED) is 0.329. The molecule has 2 aromatic rings. The summed E-state index contributed by atoms with van der Waals surface area (Å²) in [5, 5.41) is 1.29. The molecule has 1 amide bonds. The number of allylic oxidation sites excluding steroid dienone is 1. The number of carbonyl (C=O) groups is 1. The third kappa shape index (κ3) is 6.38. The van der Waals surface area contributed by atoms with Gasteiger partial charge in [-0.15, -0.1) is 6.58 Å². The van der Waals surface area contributed by atoms with Crippen molar-refractivity contribution in [3.8, 4) is 0 Å². The van der Waals surface area contributed by atoms with Gasteiger partial charge in [-0.2, -0.15) is 11.8 Å². The van der Waals surface area contributed by atoms with Gasteiger partial charge in [0.1, 0.15) is 0 Å². The molecule has 3 rings (SSSR count). The zero-order chi connectivity index (χ0) is 25.1. The van der Waals surface area contributed by atoms with Crippen LogP contribution in [0.1, 0.15) is 77.0 Å². The monoisotopic (exact) mass is 518 g/mol. The molecule has 1 aromatic carbocycles. The molecule has 1 aliphatic heterocycles. The highest BCUT2D eigenvalue weighted by Crippen LogP contribution is 2.52. The maximum Gasteiger partial charge on any atom is 0.229 e. The molecule has 4 atom stereocenters. The molecular formula is C28H36Cl2N2OS. The van der Waals surface area contributed by atoms with Crippen LogP contribution < -0.4 is 0 Å². The number of rotatable bonds is 8. The van der Waals surface area contributed by atoms with Gasteiger partial charge in [0.05, 0.1) is 16.5 Å². The molecule has 0 saturated carbocycles. The Morgan fingerprint density at radius 3 is 2.47 bits per heavy atom. The van der Waals surface area contributed by atoms with E-state index in [0.717, 1.165) is 23.3 Å². The average Bonchev–Trinajstić information content (AvgIpc) is 2.75. The smallest absolute Gasteiger partial charge is 0.229 e. The summed E-state index contributed by atoms with van der Waals surface area (Å²) >= 11 is 14.5. The largest absolute Gasteiger partial charge is 0.332 e. The summed E-state index contributed by atoms with van der Waals surface area (Å²) < 4.78 is 0.188. The first kappa shape index (κ1) is 27.1. The van der Waals surface area contributed by atoms with E-state index in [0.29, 0.717) is 22.9 Å². The van der Waals surface area contributed by atoms with Crippen molar-refractivity contribution in [3.05, 3.63) is 76.6 Å². The van der Waals surface area contributed by atoms with E-state index in [1.165, 1.54) is 0 Å². The topological polar surface area (TPSA) is 33.2 Å². The summed E-state index contributed by atoms with van der Waals surface area (Å²) in [6.45, 7) is 14.9. The molecule has 2 heterocycles. The first-order valence-electron chi connectivity index (χ1n) is 11.9. The second-order valence-corrected chi connectivity index (χ2v) is 13.4. The first-order valence-corrected chi connectivity index (χ1v) is 13.6. The molecule has 1 saturated heterocycles. The number of halogens is 2. The van der Waals surface area contributed by atoms with Crippen LogP contribution in [0.15, 0.2) is 55.4 Å². The summed E-state index contributed by atoms with van der Waals surface area (Å²) in [4.78, 5) is 20.6. The van der Waals surface area contributed by atoms with E-state index in [9.17, 15) is 4.79 Å². The molecule has 0 aliphatic carbocycles. The van der Waals surface area contributed by atoms with Crippen molar-refractivity contribution in [2.45, 2.75) is 76.6 Å². The summed E-state index contributed by atoms with van der Waals surface area (Å²) in [5.41, 5.74) is 1.60. The zero-order valence-electron chi connectivity index (χ0n) is 20.9. The van der Waals surface area contributed by atoms with Crippen LogP contribution in [0.5, 0.6) is 0 Å². The zero-order valence-corrected chi connectivity index (χ0v) is 23.2. The highest BCUT2D eigenvalue weighted by atomic mass is 35.5. The number of thioether (sulfide) groups is 1. The fraction of sp³-hybridized carbons (Fsp3) is 0.500. The number of likely N-dealkylation sites (tertiary alicyclic amines) is 1. The number of piperidine rings is 1. The van der Waals surface area contributed by atoms with E-state index in [-0.39, 0.29) is 28.7 Å². The van der Waals surface area contributed by atoms with Crippen LogP contribution >= 0.6 is 35.0 Å². The number of hydrogen-bond acceptors (Lipinski definition) is 3. The Kier molecular flexibility index (Phi) is 8.81. The summed E-state index contributed by atoms with van der Waals surface area (Å²) in [5.74, 6) is 1.23. The van der Waals surface area contributed by atoms with Gasteiger partial charge >= 0.3 is 0 Å². The molecule has 1 fully saturated rings. The molecule has 184 valence electrons. The maximum atomic E-state index is 14.1. The molecule has 1 aromatic heterocycles. The number of amides is 1. The van der Waals surface area contributed by atoms with Crippen molar-refractivity contribution in [2.24, 2.45) is 5.41 Å². The highest BCUT2D eigenvalue weighted by Gasteiger charge is 2.50. The summed E-state index contributed by atoms with van der Waals surface area (Å²) in [6.07, 6.45) is 7.66. The molecule has 6 heteroatoms. The Labute approximate surface area is 219 Å². The maximum absolute atomic E-state index is 14.1. The minimum absolute atomic E-state index is 0.0488. The number of benzene rings is 1. The van der Waals surface area contributed by atoms with Crippen LogP contribution in [-0.2, 0) is 4.79 Å². The molecule has 0 radical (unpaired) electrons. The van der Waals surface area contributed by atoms with E-state index >= 15 is 0 Å².